The van der Waals surface area contributed by atoms with E-state index < -0.39 is 0 Å². The minimum atomic E-state index is -0.232. The summed E-state index contributed by atoms with van der Waals surface area (Å²) in [5.41, 5.74) is 7.60. The first-order chi connectivity index (χ1) is 6.65. The minimum Gasteiger partial charge on any atom is -0.398 e. The number of benzene rings is 1. The smallest absolute Gasteiger partial charge is 0.130 e. The van der Waals surface area contributed by atoms with Crippen LogP contribution >= 0.6 is 0 Å². The largest absolute Gasteiger partial charge is 0.398 e. The van der Waals surface area contributed by atoms with E-state index >= 15 is 0 Å². The van der Waals surface area contributed by atoms with Gasteiger partial charge in [-0.3, -0.25) is 0 Å². The first-order valence-corrected chi connectivity index (χ1v) is 4.52. The molecule has 0 aliphatic heterocycles. The Bertz CT molecular complexity index is 345. The van der Waals surface area contributed by atoms with Crippen LogP contribution in [-0.4, -0.2) is 13.6 Å². The summed E-state index contributed by atoms with van der Waals surface area (Å²) < 4.78 is 13.3. The fourth-order valence-electron chi connectivity index (χ4n) is 1.14. The topological polar surface area (TPSA) is 38.0 Å². The van der Waals surface area contributed by atoms with Crippen LogP contribution in [0.1, 0.15) is 11.1 Å². The lowest BCUT2D eigenvalue weighted by Gasteiger charge is -2.03. The zero-order valence-corrected chi connectivity index (χ0v) is 8.47. The van der Waals surface area contributed by atoms with E-state index in [2.05, 4.69) is 5.32 Å². The van der Waals surface area contributed by atoms with Crippen LogP contribution in [0, 0.1) is 12.7 Å². The number of aryl methyl sites for hydroxylation is 1. The zero-order valence-electron chi connectivity index (χ0n) is 8.47. The molecule has 0 saturated heterocycles. The zero-order chi connectivity index (χ0) is 10.6. The second-order valence-electron chi connectivity index (χ2n) is 3.19. The van der Waals surface area contributed by atoms with Crippen LogP contribution in [0.4, 0.5) is 10.1 Å². The summed E-state index contributed by atoms with van der Waals surface area (Å²) in [6.07, 6.45) is 3.58. The normalized spacial score (nSPS) is 11.1. The molecular weight excluding hydrogens is 179 g/mol. The van der Waals surface area contributed by atoms with Gasteiger partial charge in [0.05, 0.1) is 0 Å². The SMILES string of the molecule is CNCC=Cc1cc(N)c(C)cc1F. The van der Waals surface area contributed by atoms with Crippen LogP contribution in [0.15, 0.2) is 18.2 Å². The van der Waals surface area contributed by atoms with Crippen molar-refractivity contribution in [2.24, 2.45) is 0 Å². The van der Waals surface area contributed by atoms with Gasteiger partial charge < -0.3 is 11.1 Å². The van der Waals surface area contributed by atoms with Gasteiger partial charge in [-0.05, 0) is 31.7 Å². The van der Waals surface area contributed by atoms with E-state index in [-0.39, 0.29) is 5.82 Å². The molecule has 0 radical (unpaired) electrons. The van der Waals surface area contributed by atoms with Crippen molar-refractivity contribution in [2.75, 3.05) is 19.3 Å². The number of hydrogen-bond acceptors (Lipinski definition) is 2. The van der Waals surface area contributed by atoms with Crippen LogP contribution in [0.2, 0.25) is 0 Å². The predicted molar refractivity (Wildman–Crippen MR) is 58.5 cm³/mol. The molecule has 76 valence electrons. The number of nitrogens with one attached hydrogen (secondary N) is 1. The molecule has 1 aromatic rings. The monoisotopic (exact) mass is 194 g/mol. The average Bonchev–Trinajstić information content (AvgIpc) is 2.14. The Balaban J connectivity index is 2.92. The highest BCUT2D eigenvalue weighted by atomic mass is 19.1. The fourth-order valence-corrected chi connectivity index (χ4v) is 1.14. The van der Waals surface area contributed by atoms with Crippen molar-refractivity contribution in [2.45, 2.75) is 6.92 Å². The Morgan fingerprint density at radius 2 is 2.21 bits per heavy atom. The Morgan fingerprint density at radius 1 is 1.50 bits per heavy atom. The van der Waals surface area contributed by atoms with Crippen LogP contribution in [0.25, 0.3) is 6.08 Å². The van der Waals surface area contributed by atoms with Gasteiger partial charge in [-0.1, -0.05) is 12.2 Å². The summed E-state index contributed by atoms with van der Waals surface area (Å²) in [6.45, 7) is 2.51. The number of hydrogen-bond donors (Lipinski definition) is 2. The van der Waals surface area contributed by atoms with Crippen molar-refractivity contribution in [3.63, 3.8) is 0 Å². The number of nitrogens with two attached hydrogens (primary N) is 1. The molecule has 0 unspecified atom stereocenters. The molecule has 0 amide bonds. The summed E-state index contributed by atoms with van der Waals surface area (Å²) in [5, 5.41) is 2.94. The molecule has 1 rings (SSSR count). The van der Waals surface area contributed by atoms with Crippen molar-refractivity contribution >= 4 is 11.8 Å². The molecule has 0 atom stereocenters. The van der Waals surface area contributed by atoms with Gasteiger partial charge in [0.2, 0.25) is 0 Å². The molecule has 0 saturated carbocycles. The van der Waals surface area contributed by atoms with E-state index in [4.69, 9.17) is 5.73 Å². The molecule has 14 heavy (non-hydrogen) atoms. The van der Waals surface area contributed by atoms with Crippen molar-refractivity contribution in [1.29, 1.82) is 0 Å². The molecule has 0 aliphatic carbocycles. The molecule has 0 heterocycles. The summed E-state index contributed by atoms with van der Waals surface area (Å²) in [7, 11) is 1.84. The Hall–Kier alpha value is -1.35. The molecule has 2 nitrogen and oxygen atoms in total. The molecular formula is C11H15FN2. The number of rotatable bonds is 3. The van der Waals surface area contributed by atoms with Gasteiger partial charge in [0.15, 0.2) is 0 Å². The first-order valence-electron chi connectivity index (χ1n) is 4.52. The molecule has 0 bridgehead atoms. The maximum absolute atomic E-state index is 13.3. The van der Waals surface area contributed by atoms with Crippen LogP contribution in [0.5, 0.6) is 0 Å². The average molecular weight is 194 g/mol. The predicted octanol–water partition coefficient (Wildman–Crippen LogP) is 1.95. The van der Waals surface area contributed by atoms with Crippen molar-refractivity contribution < 1.29 is 4.39 Å². The van der Waals surface area contributed by atoms with E-state index in [1.165, 1.54) is 6.07 Å². The fraction of sp³-hybridized carbons (Fsp3) is 0.273. The van der Waals surface area contributed by atoms with Crippen molar-refractivity contribution in [3.8, 4) is 0 Å². The summed E-state index contributed by atoms with van der Waals surface area (Å²) in [6, 6.07) is 3.10. The lowest BCUT2D eigenvalue weighted by molar-refractivity contribution is 0.624. The lowest BCUT2D eigenvalue weighted by atomic mass is 10.1. The van der Waals surface area contributed by atoms with Gasteiger partial charge in [0.25, 0.3) is 0 Å². The van der Waals surface area contributed by atoms with Gasteiger partial charge >= 0.3 is 0 Å². The second-order valence-corrected chi connectivity index (χ2v) is 3.19. The van der Waals surface area contributed by atoms with Crippen LogP contribution in [-0.2, 0) is 0 Å². The van der Waals surface area contributed by atoms with Crippen molar-refractivity contribution in [3.05, 3.63) is 35.2 Å². The van der Waals surface area contributed by atoms with Crippen LogP contribution < -0.4 is 11.1 Å². The van der Waals surface area contributed by atoms with Crippen molar-refractivity contribution in [1.82, 2.24) is 5.32 Å². The third kappa shape index (κ3) is 2.57. The summed E-state index contributed by atoms with van der Waals surface area (Å²) in [4.78, 5) is 0. The van der Waals surface area contributed by atoms with E-state index in [0.717, 1.165) is 5.56 Å². The van der Waals surface area contributed by atoms with E-state index in [1.807, 2.05) is 13.1 Å². The highest BCUT2D eigenvalue weighted by Crippen LogP contribution is 2.18. The van der Waals surface area contributed by atoms with Gasteiger partial charge in [0, 0.05) is 17.8 Å². The van der Waals surface area contributed by atoms with Gasteiger partial charge in [-0.15, -0.1) is 0 Å². The molecule has 0 fully saturated rings. The molecule has 1 aromatic carbocycles. The van der Waals surface area contributed by atoms with E-state index in [0.29, 0.717) is 17.8 Å². The van der Waals surface area contributed by atoms with Gasteiger partial charge in [0.1, 0.15) is 5.82 Å². The van der Waals surface area contributed by atoms with E-state index in [1.54, 1.807) is 19.1 Å². The standard InChI is InChI=1S/C11H15FN2/c1-8-6-10(12)9(7-11(8)13)4-3-5-14-2/h3-4,6-7,14H,5,13H2,1-2H3. The quantitative estimate of drug-likeness (QED) is 0.722. The summed E-state index contributed by atoms with van der Waals surface area (Å²) >= 11 is 0. The molecule has 0 aromatic heterocycles. The highest BCUT2D eigenvalue weighted by molar-refractivity contribution is 5.59. The Kier molecular flexibility index (Phi) is 3.65. The highest BCUT2D eigenvalue weighted by Gasteiger charge is 2.01. The third-order valence-corrected chi connectivity index (χ3v) is 2.00. The number of halogens is 1. The number of nitrogen functional groups attached to an aromatic ring is 1. The molecule has 3 heteroatoms. The number of anilines is 1. The maximum Gasteiger partial charge on any atom is 0.130 e. The maximum atomic E-state index is 13.3. The van der Waals surface area contributed by atoms with E-state index in [9.17, 15) is 4.39 Å². The minimum absolute atomic E-state index is 0.232. The second kappa shape index (κ2) is 4.77. The molecule has 0 spiro atoms. The lowest BCUT2D eigenvalue weighted by Crippen LogP contribution is -2.03. The van der Waals surface area contributed by atoms with Gasteiger partial charge in [-0.25, -0.2) is 4.39 Å². The Morgan fingerprint density at radius 3 is 2.86 bits per heavy atom. The third-order valence-electron chi connectivity index (χ3n) is 2.00. The van der Waals surface area contributed by atoms with Gasteiger partial charge in [-0.2, -0.15) is 0 Å². The van der Waals surface area contributed by atoms with Crippen LogP contribution in [0.3, 0.4) is 0 Å². The molecule has 3 N–H and O–H groups in total. The number of likely N-dealkylation sites (N-methyl/N-ethyl adjacent to an activating group) is 1. The summed E-state index contributed by atoms with van der Waals surface area (Å²) in [5.74, 6) is -0.232. The molecule has 0 aliphatic rings. The Labute approximate surface area is 83.6 Å². The first kappa shape index (κ1) is 10.7.